The number of carbonyl (C=O) groups is 1. The smallest absolute Gasteiger partial charge is 0.237 e. The van der Waals surface area contributed by atoms with Crippen molar-refractivity contribution in [3.63, 3.8) is 0 Å². The van der Waals surface area contributed by atoms with Crippen LogP contribution in [0, 0.1) is 5.92 Å². The third kappa shape index (κ3) is 3.98. The highest BCUT2D eigenvalue weighted by atomic mass is 16.5. The van der Waals surface area contributed by atoms with Crippen LogP contribution in [0.3, 0.4) is 0 Å². The first kappa shape index (κ1) is 18.2. The molecule has 1 atom stereocenters. The second-order valence-electron chi connectivity index (χ2n) is 7.38. The second-order valence-corrected chi connectivity index (χ2v) is 7.38. The number of ether oxygens (including phenoxy) is 2. The molecule has 1 saturated carbocycles. The maximum absolute atomic E-state index is 12.6. The summed E-state index contributed by atoms with van der Waals surface area (Å²) in [6.45, 7) is 2.04. The van der Waals surface area contributed by atoms with Crippen molar-refractivity contribution in [2.24, 2.45) is 11.7 Å². The minimum absolute atomic E-state index is 0.0342. The third-order valence-electron chi connectivity index (χ3n) is 5.92. The van der Waals surface area contributed by atoms with Gasteiger partial charge < -0.3 is 20.5 Å². The van der Waals surface area contributed by atoms with Gasteiger partial charge in [-0.15, -0.1) is 0 Å². The fourth-order valence-corrected chi connectivity index (χ4v) is 4.34. The van der Waals surface area contributed by atoms with Gasteiger partial charge in [-0.2, -0.15) is 0 Å². The molecule has 1 aromatic rings. The van der Waals surface area contributed by atoms with E-state index in [9.17, 15) is 4.79 Å². The summed E-state index contributed by atoms with van der Waals surface area (Å²) in [5, 5.41) is 3.15. The summed E-state index contributed by atoms with van der Waals surface area (Å²) >= 11 is 0. The summed E-state index contributed by atoms with van der Waals surface area (Å²) in [5.41, 5.74) is 7.38. The Balaban J connectivity index is 1.69. The number of rotatable bonds is 6. The van der Waals surface area contributed by atoms with Gasteiger partial charge in [0.15, 0.2) is 0 Å². The molecule has 5 heteroatoms. The minimum atomic E-state index is -0.444. The number of nitrogens with one attached hydrogen (secondary N) is 1. The second kappa shape index (κ2) is 8.19. The molecule has 1 amide bonds. The Morgan fingerprint density at radius 3 is 2.68 bits per heavy atom. The lowest BCUT2D eigenvalue weighted by molar-refractivity contribution is -0.124. The van der Waals surface area contributed by atoms with E-state index >= 15 is 0 Å². The summed E-state index contributed by atoms with van der Waals surface area (Å²) in [7, 11) is 1.71. The Kier molecular flexibility index (Phi) is 5.97. The van der Waals surface area contributed by atoms with Crippen molar-refractivity contribution >= 4 is 5.91 Å². The van der Waals surface area contributed by atoms with Crippen LogP contribution in [0.1, 0.15) is 44.1 Å². The fraction of sp³-hybridized carbons (Fsp3) is 0.650. The molecule has 0 spiro atoms. The number of nitrogens with two attached hydrogens (primary N) is 1. The van der Waals surface area contributed by atoms with Gasteiger partial charge in [0.05, 0.1) is 13.2 Å². The Morgan fingerprint density at radius 1 is 1.32 bits per heavy atom. The van der Waals surface area contributed by atoms with Gasteiger partial charge in [0.25, 0.3) is 0 Å². The molecule has 2 fully saturated rings. The molecular weight excluding hydrogens is 316 g/mol. The van der Waals surface area contributed by atoms with Crippen molar-refractivity contribution in [1.82, 2.24) is 5.32 Å². The normalized spacial score (nSPS) is 21.7. The zero-order valence-corrected chi connectivity index (χ0v) is 15.1. The molecule has 0 bridgehead atoms. The lowest BCUT2D eigenvalue weighted by Gasteiger charge is -2.33. The molecular formula is C20H30N2O3. The molecule has 1 unspecified atom stereocenters. The lowest BCUT2D eigenvalue weighted by atomic mass is 9.78. The monoisotopic (exact) mass is 346 g/mol. The van der Waals surface area contributed by atoms with E-state index in [4.69, 9.17) is 15.2 Å². The van der Waals surface area contributed by atoms with Crippen LogP contribution in [-0.4, -0.2) is 38.8 Å². The highest BCUT2D eigenvalue weighted by Crippen LogP contribution is 2.44. The van der Waals surface area contributed by atoms with Gasteiger partial charge in [0, 0.05) is 30.7 Å². The SMILES string of the molecule is COc1ccccc1C1(CNC(=O)C(N)C2CCOCC2)CCCC1. The first-order valence-corrected chi connectivity index (χ1v) is 9.41. The first-order chi connectivity index (χ1) is 12.2. The van der Waals surface area contributed by atoms with Crippen molar-refractivity contribution in [2.75, 3.05) is 26.9 Å². The first-order valence-electron chi connectivity index (χ1n) is 9.41. The number of amides is 1. The van der Waals surface area contributed by atoms with Gasteiger partial charge in [-0.3, -0.25) is 4.79 Å². The summed E-state index contributed by atoms with van der Waals surface area (Å²) in [5.74, 6) is 1.10. The van der Waals surface area contributed by atoms with Crippen LogP contribution in [0.25, 0.3) is 0 Å². The molecule has 25 heavy (non-hydrogen) atoms. The van der Waals surface area contributed by atoms with Crippen LogP contribution in [0.15, 0.2) is 24.3 Å². The fourth-order valence-electron chi connectivity index (χ4n) is 4.34. The summed E-state index contributed by atoms with van der Waals surface area (Å²) in [4.78, 5) is 12.6. The van der Waals surface area contributed by atoms with E-state index in [-0.39, 0.29) is 17.2 Å². The lowest BCUT2D eigenvalue weighted by Crippen LogP contribution is -2.50. The molecule has 2 aliphatic rings. The Bertz CT molecular complexity index is 578. The zero-order valence-electron chi connectivity index (χ0n) is 15.1. The molecule has 1 aliphatic carbocycles. The number of carbonyl (C=O) groups excluding carboxylic acids is 1. The summed E-state index contributed by atoms with van der Waals surface area (Å²) in [6.07, 6.45) is 6.23. The Morgan fingerprint density at radius 2 is 2.00 bits per heavy atom. The molecule has 0 radical (unpaired) electrons. The van der Waals surface area contributed by atoms with Gasteiger partial charge in [0.1, 0.15) is 5.75 Å². The van der Waals surface area contributed by atoms with Crippen LogP contribution in [0.2, 0.25) is 0 Å². The largest absolute Gasteiger partial charge is 0.496 e. The number of methoxy groups -OCH3 is 1. The third-order valence-corrected chi connectivity index (χ3v) is 5.92. The molecule has 1 aliphatic heterocycles. The maximum atomic E-state index is 12.6. The quantitative estimate of drug-likeness (QED) is 0.829. The number of benzene rings is 1. The van der Waals surface area contributed by atoms with Crippen molar-refractivity contribution in [3.8, 4) is 5.75 Å². The van der Waals surface area contributed by atoms with Gasteiger partial charge in [0.2, 0.25) is 5.91 Å². The Labute approximate surface area is 150 Å². The van der Waals surface area contributed by atoms with Crippen molar-refractivity contribution in [1.29, 1.82) is 0 Å². The van der Waals surface area contributed by atoms with E-state index in [0.29, 0.717) is 19.8 Å². The molecule has 3 N–H and O–H groups in total. The average Bonchev–Trinajstić information content (AvgIpc) is 3.16. The van der Waals surface area contributed by atoms with E-state index in [1.54, 1.807) is 7.11 Å². The molecule has 138 valence electrons. The molecule has 1 aromatic carbocycles. The highest BCUT2D eigenvalue weighted by molar-refractivity contribution is 5.82. The summed E-state index contributed by atoms with van der Waals surface area (Å²) < 4.78 is 11.0. The van der Waals surface area contributed by atoms with Crippen LogP contribution in [0.5, 0.6) is 5.75 Å². The molecule has 3 rings (SSSR count). The van der Waals surface area contributed by atoms with E-state index in [2.05, 4.69) is 11.4 Å². The van der Waals surface area contributed by atoms with Gasteiger partial charge in [-0.1, -0.05) is 31.0 Å². The van der Waals surface area contributed by atoms with E-state index in [1.165, 1.54) is 18.4 Å². The zero-order chi connectivity index (χ0) is 17.7. The van der Waals surface area contributed by atoms with E-state index in [1.807, 2.05) is 18.2 Å². The molecule has 1 heterocycles. The minimum Gasteiger partial charge on any atom is -0.496 e. The van der Waals surface area contributed by atoms with Gasteiger partial charge in [-0.25, -0.2) is 0 Å². The average molecular weight is 346 g/mol. The van der Waals surface area contributed by atoms with E-state index < -0.39 is 6.04 Å². The van der Waals surface area contributed by atoms with Crippen LogP contribution in [-0.2, 0) is 14.9 Å². The van der Waals surface area contributed by atoms with E-state index in [0.717, 1.165) is 31.4 Å². The predicted molar refractivity (Wildman–Crippen MR) is 97.7 cm³/mol. The number of para-hydroxylation sites is 1. The molecule has 5 nitrogen and oxygen atoms in total. The maximum Gasteiger partial charge on any atom is 0.237 e. The molecule has 1 saturated heterocycles. The number of hydrogen-bond donors (Lipinski definition) is 2. The Hall–Kier alpha value is -1.59. The molecule has 0 aromatic heterocycles. The van der Waals surface area contributed by atoms with Crippen molar-refractivity contribution in [3.05, 3.63) is 29.8 Å². The topological polar surface area (TPSA) is 73.6 Å². The van der Waals surface area contributed by atoms with Crippen LogP contribution in [0.4, 0.5) is 0 Å². The number of hydrogen-bond acceptors (Lipinski definition) is 4. The summed E-state index contributed by atoms with van der Waals surface area (Å²) in [6, 6.07) is 7.73. The van der Waals surface area contributed by atoms with Crippen molar-refractivity contribution in [2.45, 2.75) is 50.0 Å². The van der Waals surface area contributed by atoms with Crippen LogP contribution >= 0.6 is 0 Å². The van der Waals surface area contributed by atoms with Gasteiger partial charge >= 0.3 is 0 Å². The highest BCUT2D eigenvalue weighted by Gasteiger charge is 2.38. The van der Waals surface area contributed by atoms with Gasteiger partial charge in [-0.05, 0) is 37.7 Å². The van der Waals surface area contributed by atoms with Crippen LogP contribution < -0.4 is 15.8 Å². The van der Waals surface area contributed by atoms with Crippen molar-refractivity contribution < 1.29 is 14.3 Å². The predicted octanol–water partition coefficient (Wildman–Crippen LogP) is 2.38. The standard InChI is InChI=1S/C20H30N2O3/c1-24-17-7-3-2-6-16(17)20(10-4-5-11-20)14-22-19(23)18(21)15-8-12-25-13-9-15/h2-3,6-7,15,18H,4-5,8-14,21H2,1H3,(H,22,23).